The first-order valence-corrected chi connectivity index (χ1v) is 8.74. The topological polar surface area (TPSA) is 42.2 Å². The normalized spacial score (nSPS) is 16.6. The minimum atomic E-state index is 0.0873. The molecule has 1 atom stereocenters. The average Bonchev–Trinajstić information content (AvgIpc) is 3.19. The molecule has 106 valence electrons. The Morgan fingerprint density at radius 3 is 3.00 bits per heavy atom. The van der Waals surface area contributed by atoms with E-state index in [1.807, 2.05) is 17.5 Å². The monoisotopic (exact) mass is 325 g/mol. The van der Waals surface area contributed by atoms with E-state index >= 15 is 0 Å². The van der Waals surface area contributed by atoms with E-state index in [0.717, 1.165) is 22.3 Å². The second-order valence-electron chi connectivity index (χ2n) is 4.65. The number of aromatic nitrogens is 2. The molecule has 7 heteroatoms. The fraction of sp³-hybridized carbons (Fsp3) is 0.462. The standard InChI is InChI=1S/C13H15N3OS3/c1-9(20-13(18)16-6-2-3-7-16)12-14-11(15-17-12)10-5-4-8-19-10/h4-5,8-9H,2-3,6-7H2,1H3. The molecule has 0 radical (unpaired) electrons. The summed E-state index contributed by atoms with van der Waals surface area (Å²) in [5.74, 6) is 1.30. The summed E-state index contributed by atoms with van der Waals surface area (Å²) in [6.45, 7) is 4.20. The molecule has 1 aliphatic heterocycles. The highest BCUT2D eigenvalue weighted by Gasteiger charge is 2.22. The maximum atomic E-state index is 5.48. The Labute approximate surface area is 131 Å². The predicted octanol–water partition coefficient (Wildman–Crippen LogP) is 3.97. The molecule has 1 aliphatic rings. The predicted molar refractivity (Wildman–Crippen MR) is 87.0 cm³/mol. The molecule has 0 spiro atoms. The van der Waals surface area contributed by atoms with Crippen molar-refractivity contribution in [1.82, 2.24) is 15.0 Å². The number of nitrogens with zero attached hydrogens (tertiary/aromatic N) is 3. The van der Waals surface area contributed by atoms with Gasteiger partial charge in [-0.2, -0.15) is 4.98 Å². The zero-order valence-corrected chi connectivity index (χ0v) is 13.6. The van der Waals surface area contributed by atoms with Gasteiger partial charge in [-0.1, -0.05) is 35.2 Å². The van der Waals surface area contributed by atoms with E-state index in [-0.39, 0.29) is 5.25 Å². The third kappa shape index (κ3) is 3.05. The van der Waals surface area contributed by atoms with Gasteiger partial charge < -0.3 is 9.42 Å². The van der Waals surface area contributed by atoms with Gasteiger partial charge in [-0.25, -0.2) is 0 Å². The summed E-state index contributed by atoms with van der Waals surface area (Å²) < 4.78 is 6.30. The SMILES string of the molecule is CC(SC(=S)N1CCCC1)c1nc(-c2cccs2)no1. The molecule has 4 nitrogen and oxygen atoms in total. The summed E-state index contributed by atoms with van der Waals surface area (Å²) >= 11 is 8.71. The van der Waals surface area contributed by atoms with Crippen LogP contribution in [0.3, 0.4) is 0 Å². The maximum Gasteiger partial charge on any atom is 0.240 e. The van der Waals surface area contributed by atoms with Crippen LogP contribution in [0.5, 0.6) is 0 Å². The van der Waals surface area contributed by atoms with E-state index in [4.69, 9.17) is 16.7 Å². The molecule has 0 aromatic carbocycles. The molecule has 1 unspecified atom stereocenters. The minimum absolute atomic E-state index is 0.0873. The molecular formula is C13H15N3OS3. The van der Waals surface area contributed by atoms with Crippen molar-refractivity contribution in [3.63, 3.8) is 0 Å². The van der Waals surface area contributed by atoms with Crippen LogP contribution in [-0.2, 0) is 0 Å². The molecule has 0 bridgehead atoms. The lowest BCUT2D eigenvalue weighted by atomic mass is 10.4. The van der Waals surface area contributed by atoms with Crippen molar-refractivity contribution in [2.45, 2.75) is 25.0 Å². The lowest BCUT2D eigenvalue weighted by Gasteiger charge is -2.19. The van der Waals surface area contributed by atoms with Gasteiger partial charge in [0.2, 0.25) is 11.7 Å². The number of rotatable bonds is 3. The van der Waals surface area contributed by atoms with Gasteiger partial charge in [0.15, 0.2) is 0 Å². The molecule has 0 N–H and O–H groups in total. The van der Waals surface area contributed by atoms with Crippen molar-refractivity contribution < 1.29 is 4.52 Å². The quantitative estimate of drug-likeness (QED) is 0.795. The molecule has 1 fully saturated rings. The van der Waals surface area contributed by atoms with E-state index in [2.05, 4.69) is 22.0 Å². The summed E-state index contributed by atoms with van der Waals surface area (Å²) in [5, 5.41) is 6.13. The third-order valence-electron chi connectivity index (χ3n) is 3.17. The fourth-order valence-electron chi connectivity index (χ4n) is 2.08. The largest absolute Gasteiger partial charge is 0.358 e. The Kier molecular flexibility index (Phi) is 4.38. The molecule has 1 saturated heterocycles. The maximum absolute atomic E-state index is 5.48. The summed E-state index contributed by atoms with van der Waals surface area (Å²) in [6, 6.07) is 3.97. The highest BCUT2D eigenvalue weighted by molar-refractivity contribution is 8.23. The zero-order valence-electron chi connectivity index (χ0n) is 11.1. The van der Waals surface area contributed by atoms with Gasteiger partial charge in [0, 0.05) is 13.1 Å². The number of thiophene rings is 1. The summed E-state index contributed by atoms with van der Waals surface area (Å²) in [6.07, 6.45) is 2.47. The smallest absolute Gasteiger partial charge is 0.240 e. The molecule has 0 amide bonds. The van der Waals surface area contributed by atoms with Crippen molar-refractivity contribution in [2.75, 3.05) is 13.1 Å². The van der Waals surface area contributed by atoms with Crippen LogP contribution in [-0.4, -0.2) is 32.5 Å². The lowest BCUT2D eigenvalue weighted by molar-refractivity contribution is 0.381. The Balaban J connectivity index is 1.65. The first kappa shape index (κ1) is 14.0. The zero-order chi connectivity index (χ0) is 13.9. The van der Waals surface area contributed by atoms with Crippen molar-refractivity contribution in [3.05, 3.63) is 23.4 Å². The van der Waals surface area contributed by atoms with E-state index in [0.29, 0.717) is 11.7 Å². The van der Waals surface area contributed by atoms with Gasteiger partial charge in [-0.3, -0.25) is 0 Å². The number of hydrogen-bond donors (Lipinski definition) is 0. The molecule has 20 heavy (non-hydrogen) atoms. The molecule has 3 heterocycles. The second-order valence-corrected chi connectivity index (χ2v) is 7.58. The van der Waals surface area contributed by atoms with Gasteiger partial charge >= 0.3 is 0 Å². The van der Waals surface area contributed by atoms with Crippen molar-refractivity contribution in [1.29, 1.82) is 0 Å². The van der Waals surface area contributed by atoms with Crippen LogP contribution >= 0.6 is 35.3 Å². The number of thiocarbonyl (C=S) groups is 1. The van der Waals surface area contributed by atoms with Crippen molar-refractivity contribution >= 4 is 39.6 Å². The van der Waals surface area contributed by atoms with Crippen LogP contribution in [0.2, 0.25) is 0 Å². The van der Waals surface area contributed by atoms with Gasteiger partial charge in [0.05, 0.1) is 10.1 Å². The summed E-state index contributed by atoms with van der Waals surface area (Å²) in [7, 11) is 0. The second kappa shape index (κ2) is 6.24. The first-order valence-electron chi connectivity index (χ1n) is 6.57. The highest BCUT2D eigenvalue weighted by atomic mass is 32.2. The minimum Gasteiger partial charge on any atom is -0.358 e. The first-order chi connectivity index (χ1) is 9.74. The molecule has 2 aromatic heterocycles. The Morgan fingerprint density at radius 2 is 2.30 bits per heavy atom. The van der Waals surface area contributed by atoms with Gasteiger partial charge in [0.25, 0.3) is 0 Å². The van der Waals surface area contributed by atoms with Crippen LogP contribution in [0.25, 0.3) is 10.7 Å². The molecule has 3 rings (SSSR count). The molecular weight excluding hydrogens is 310 g/mol. The fourth-order valence-corrected chi connectivity index (χ4v) is 4.18. The van der Waals surface area contributed by atoms with E-state index in [9.17, 15) is 0 Å². The van der Waals surface area contributed by atoms with Crippen LogP contribution in [0, 0.1) is 0 Å². The van der Waals surface area contributed by atoms with Crippen molar-refractivity contribution in [2.24, 2.45) is 0 Å². The number of hydrogen-bond acceptors (Lipinski definition) is 6. The van der Waals surface area contributed by atoms with Gasteiger partial charge in [-0.05, 0) is 31.2 Å². The van der Waals surface area contributed by atoms with Crippen molar-refractivity contribution in [3.8, 4) is 10.7 Å². The van der Waals surface area contributed by atoms with Crippen LogP contribution in [0.4, 0.5) is 0 Å². The lowest BCUT2D eigenvalue weighted by Crippen LogP contribution is -2.23. The number of thioether (sulfide) groups is 1. The van der Waals surface area contributed by atoms with Crippen LogP contribution in [0.15, 0.2) is 22.0 Å². The van der Waals surface area contributed by atoms with Gasteiger partial charge in [0.1, 0.15) is 4.32 Å². The van der Waals surface area contributed by atoms with E-state index in [1.54, 1.807) is 23.1 Å². The van der Waals surface area contributed by atoms with E-state index in [1.165, 1.54) is 12.8 Å². The summed E-state index contributed by atoms with van der Waals surface area (Å²) in [5.41, 5.74) is 0. The average molecular weight is 325 g/mol. The Bertz CT molecular complexity index is 575. The molecule has 0 aliphatic carbocycles. The van der Waals surface area contributed by atoms with Crippen LogP contribution in [0.1, 0.15) is 30.9 Å². The number of likely N-dealkylation sites (tertiary alicyclic amines) is 1. The summed E-state index contributed by atoms with van der Waals surface area (Å²) in [4.78, 5) is 7.75. The molecule has 0 saturated carbocycles. The van der Waals surface area contributed by atoms with Crippen LogP contribution < -0.4 is 0 Å². The Hall–Kier alpha value is -0.920. The third-order valence-corrected chi connectivity index (χ3v) is 5.60. The highest BCUT2D eigenvalue weighted by Crippen LogP contribution is 2.32. The Morgan fingerprint density at radius 1 is 1.50 bits per heavy atom. The van der Waals surface area contributed by atoms with E-state index < -0.39 is 0 Å². The van der Waals surface area contributed by atoms with Gasteiger partial charge in [-0.15, -0.1) is 11.3 Å². The molecule has 2 aromatic rings.